The molecule has 2 aromatic rings. The summed E-state index contributed by atoms with van der Waals surface area (Å²) in [4.78, 5) is 35.0. The maximum absolute atomic E-state index is 12.8. The summed E-state index contributed by atoms with van der Waals surface area (Å²) in [6, 6.07) is 1.35. The van der Waals surface area contributed by atoms with E-state index in [9.17, 15) is 9.59 Å². The molecule has 1 N–H and O–H groups in total. The van der Waals surface area contributed by atoms with Crippen LogP contribution >= 0.6 is 0 Å². The number of fused-ring (bicyclic) bond motifs is 1. The lowest BCUT2D eigenvalue weighted by Crippen LogP contribution is -2.48. The van der Waals surface area contributed by atoms with E-state index in [-0.39, 0.29) is 24.4 Å². The Balaban J connectivity index is 1.26. The summed E-state index contributed by atoms with van der Waals surface area (Å²) < 4.78 is 16.3. The van der Waals surface area contributed by atoms with E-state index in [1.54, 1.807) is 12.3 Å². The van der Waals surface area contributed by atoms with Gasteiger partial charge in [-0.25, -0.2) is 9.78 Å². The third kappa shape index (κ3) is 3.18. The summed E-state index contributed by atoms with van der Waals surface area (Å²) in [6.07, 6.45) is 6.29. The van der Waals surface area contributed by atoms with Gasteiger partial charge in [-0.15, -0.1) is 0 Å². The lowest BCUT2D eigenvalue weighted by Gasteiger charge is -2.30. The number of amides is 3. The molecule has 2 aliphatic heterocycles. The smallest absolute Gasteiger partial charge is 0.325 e. The first kappa shape index (κ1) is 17.9. The third-order valence-corrected chi connectivity index (χ3v) is 5.63. The highest BCUT2D eigenvalue weighted by molar-refractivity contribution is 6.07. The molecule has 0 radical (unpaired) electrons. The summed E-state index contributed by atoms with van der Waals surface area (Å²) in [5.74, 6) is 1.67. The molecule has 3 amide bonds. The van der Waals surface area contributed by atoms with Crippen molar-refractivity contribution in [1.29, 1.82) is 0 Å². The number of urea groups is 1. The van der Waals surface area contributed by atoms with Crippen LogP contribution in [0.2, 0.25) is 0 Å². The fourth-order valence-electron chi connectivity index (χ4n) is 4.11. The van der Waals surface area contributed by atoms with Gasteiger partial charge in [0.1, 0.15) is 24.4 Å². The Labute approximate surface area is 166 Å². The second-order valence-electron chi connectivity index (χ2n) is 7.51. The van der Waals surface area contributed by atoms with Crippen LogP contribution in [-0.2, 0) is 11.2 Å². The zero-order chi connectivity index (χ0) is 19.8. The molecule has 0 unspecified atom stereocenters. The first-order valence-electron chi connectivity index (χ1n) is 9.87. The van der Waals surface area contributed by atoms with Crippen molar-refractivity contribution in [2.75, 3.05) is 19.8 Å². The van der Waals surface area contributed by atoms with Gasteiger partial charge in [0.15, 0.2) is 17.3 Å². The maximum atomic E-state index is 12.8. The quantitative estimate of drug-likeness (QED) is 0.772. The molecule has 5 rings (SSSR count). The molecule has 0 atom stereocenters. The predicted octanol–water partition coefficient (Wildman–Crippen LogP) is 1.70. The molecule has 152 valence electrons. The highest BCUT2D eigenvalue weighted by Crippen LogP contribution is 2.34. The fraction of sp³-hybridized carbons (Fsp3) is 0.526. The van der Waals surface area contributed by atoms with Crippen molar-refractivity contribution in [3.05, 3.63) is 18.1 Å². The average molecular weight is 399 g/mol. The van der Waals surface area contributed by atoms with Crippen LogP contribution in [0.25, 0.3) is 11.6 Å². The average Bonchev–Trinajstić information content (AvgIpc) is 3.30. The molecule has 10 nitrogen and oxygen atoms in total. The highest BCUT2D eigenvalue weighted by Gasteiger charge is 2.50. The van der Waals surface area contributed by atoms with Gasteiger partial charge < -0.3 is 19.3 Å². The number of aromatic nitrogens is 3. The number of rotatable bonds is 4. The molecule has 1 aliphatic carbocycles. The van der Waals surface area contributed by atoms with E-state index in [0.717, 1.165) is 19.3 Å². The Bertz CT molecular complexity index is 952. The van der Waals surface area contributed by atoms with E-state index in [2.05, 4.69) is 20.4 Å². The Hall–Kier alpha value is -3.17. The number of nitrogens with one attached hydrogen (secondary N) is 1. The summed E-state index contributed by atoms with van der Waals surface area (Å²) in [7, 11) is 0. The maximum Gasteiger partial charge on any atom is 0.325 e. The second-order valence-corrected chi connectivity index (χ2v) is 7.51. The molecule has 1 spiro atoms. The number of ether oxygens (including phenoxy) is 2. The minimum atomic E-state index is -0.715. The van der Waals surface area contributed by atoms with Gasteiger partial charge in [0, 0.05) is 19.0 Å². The first-order valence-corrected chi connectivity index (χ1v) is 9.87. The molecule has 2 aromatic heterocycles. The fourth-order valence-corrected chi connectivity index (χ4v) is 4.11. The van der Waals surface area contributed by atoms with Gasteiger partial charge >= 0.3 is 6.03 Å². The Morgan fingerprint density at radius 1 is 1.10 bits per heavy atom. The zero-order valence-corrected chi connectivity index (χ0v) is 15.8. The Morgan fingerprint density at radius 2 is 1.90 bits per heavy atom. The van der Waals surface area contributed by atoms with Crippen molar-refractivity contribution in [2.45, 2.75) is 44.1 Å². The molecule has 4 heterocycles. The van der Waals surface area contributed by atoms with Gasteiger partial charge in [0.25, 0.3) is 11.8 Å². The van der Waals surface area contributed by atoms with Gasteiger partial charge in [-0.3, -0.25) is 9.69 Å². The normalized spacial score (nSPS) is 20.2. The minimum Gasteiger partial charge on any atom is -0.486 e. The van der Waals surface area contributed by atoms with Crippen LogP contribution in [0.1, 0.15) is 37.9 Å². The number of hydrogen-bond acceptors (Lipinski definition) is 8. The van der Waals surface area contributed by atoms with Crippen molar-refractivity contribution in [2.24, 2.45) is 0 Å². The van der Waals surface area contributed by atoms with E-state index in [1.165, 1.54) is 4.90 Å². The zero-order valence-electron chi connectivity index (χ0n) is 15.8. The van der Waals surface area contributed by atoms with E-state index in [1.807, 2.05) is 0 Å². The molecule has 1 saturated heterocycles. The molecule has 0 aromatic carbocycles. The summed E-state index contributed by atoms with van der Waals surface area (Å²) >= 11 is 0. The number of imide groups is 1. The van der Waals surface area contributed by atoms with Gasteiger partial charge in [-0.2, -0.15) is 4.98 Å². The van der Waals surface area contributed by atoms with Gasteiger partial charge in [0.05, 0.1) is 6.20 Å². The SMILES string of the molecule is O=C1NC2(CCCCC2)C(=O)N1CCc1noc(-c2cc3c(cn2)OCCO3)n1. The molecular weight excluding hydrogens is 378 g/mol. The molecule has 10 heteroatoms. The highest BCUT2D eigenvalue weighted by atomic mass is 16.6. The van der Waals surface area contributed by atoms with Crippen molar-refractivity contribution in [3.63, 3.8) is 0 Å². The van der Waals surface area contributed by atoms with E-state index >= 15 is 0 Å². The van der Waals surface area contributed by atoms with Crippen LogP contribution in [0.5, 0.6) is 11.5 Å². The van der Waals surface area contributed by atoms with Gasteiger partial charge in [-0.05, 0) is 12.8 Å². The molecule has 29 heavy (non-hydrogen) atoms. The number of hydrogen-bond donors (Lipinski definition) is 1. The minimum absolute atomic E-state index is 0.139. The predicted molar refractivity (Wildman–Crippen MR) is 98.3 cm³/mol. The van der Waals surface area contributed by atoms with Crippen molar-refractivity contribution < 1.29 is 23.6 Å². The number of carbonyl (C=O) groups excluding carboxylic acids is 2. The lowest BCUT2D eigenvalue weighted by atomic mass is 9.82. The van der Waals surface area contributed by atoms with E-state index in [4.69, 9.17) is 14.0 Å². The topological polar surface area (TPSA) is 120 Å². The summed E-state index contributed by atoms with van der Waals surface area (Å²) in [6.45, 7) is 1.17. The van der Waals surface area contributed by atoms with Crippen molar-refractivity contribution >= 4 is 11.9 Å². The van der Waals surface area contributed by atoms with Crippen LogP contribution in [0.3, 0.4) is 0 Å². The molecule has 1 saturated carbocycles. The Kier molecular flexibility index (Phi) is 4.33. The number of nitrogens with zero attached hydrogens (tertiary/aromatic N) is 4. The number of pyridine rings is 1. The number of carbonyl (C=O) groups is 2. The van der Waals surface area contributed by atoms with Crippen LogP contribution < -0.4 is 14.8 Å². The van der Waals surface area contributed by atoms with Gasteiger partial charge in [-0.1, -0.05) is 24.4 Å². The largest absolute Gasteiger partial charge is 0.486 e. The molecular formula is C19H21N5O5. The van der Waals surface area contributed by atoms with E-state index in [0.29, 0.717) is 55.5 Å². The second kappa shape index (κ2) is 7.02. The summed E-state index contributed by atoms with van der Waals surface area (Å²) in [5, 5.41) is 6.85. The molecule has 3 aliphatic rings. The molecule has 2 fully saturated rings. The van der Waals surface area contributed by atoms with Gasteiger partial charge in [0.2, 0.25) is 0 Å². The monoisotopic (exact) mass is 399 g/mol. The van der Waals surface area contributed by atoms with Crippen molar-refractivity contribution in [1.82, 2.24) is 25.3 Å². The van der Waals surface area contributed by atoms with Crippen LogP contribution in [0.15, 0.2) is 16.8 Å². The van der Waals surface area contributed by atoms with Crippen LogP contribution in [-0.4, -0.2) is 57.3 Å². The van der Waals surface area contributed by atoms with Crippen LogP contribution in [0.4, 0.5) is 4.79 Å². The third-order valence-electron chi connectivity index (χ3n) is 5.63. The molecule has 0 bridgehead atoms. The standard InChI is InChI=1S/C19H21N5O5/c25-17-19(5-2-1-3-6-19)22-18(26)24(17)7-4-15-21-16(29-23-15)12-10-13-14(11-20-12)28-9-8-27-13/h10-11H,1-9H2,(H,22,26). The lowest BCUT2D eigenvalue weighted by molar-refractivity contribution is -0.132. The van der Waals surface area contributed by atoms with E-state index < -0.39 is 5.54 Å². The Morgan fingerprint density at radius 3 is 2.72 bits per heavy atom. The first-order chi connectivity index (χ1) is 14.1. The van der Waals surface area contributed by atoms with Crippen LogP contribution in [0, 0.1) is 0 Å². The summed E-state index contributed by atoms with van der Waals surface area (Å²) in [5.41, 5.74) is -0.239. The van der Waals surface area contributed by atoms with Crippen molar-refractivity contribution in [3.8, 4) is 23.1 Å².